The first-order chi connectivity index (χ1) is 13.2. The third-order valence-electron chi connectivity index (χ3n) is 5.79. The molecule has 1 saturated carbocycles. The van der Waals surface area contributed by atoms with Crippen LogP contribution in [-0.4, -0.2) is 42.8 Å². The molecule has 1 amide bonds. The summed E-state index contributed by atoms with van der Waals surface area (Å²) < 4.78 is 4.25. The Morgan fingerprint density at radius 1 is 1.22 bits per heavy atom. The van der Waals surface area contributed by atoms with Crippen molar-refractivity contribution in [2.45, 2.75) is 45.1 Å². The molecule has 1 aliphatic heterocycles. The van der Waals surface area contributed by atoms with E-state index in [4.69, 9.17) is 0 Å². The number of fused-ring (bicyclic) bond motifs is 1. The lowest BCUT2D eigenvalue weighted by Gasteiger charge is -2.32. The van der Waals surface area contributed by atoms with Crippen LogP contribution in [-0.2, 0) is 6.54 Å². The van der Waals surface area contributed by atoms with Gasteiger partial charge in [-0.05, 0) is 50.2 Å². The van der Waals surface area contributed by atoms with Crippen molar-refractivity contribution in [1.82, 2.24) is 23.8 Å². The molecule has 2 aliphatic rings. The van der Waals surface area contributed by atoms with Crippen molar-refractivity contribution in [2.24, 2.45) is 5.92 Å². The van der Waals surface area contributed by atoms with Crippen LogP contribution in [0.15, 0.2) is 36.9 Å². The number of nitrogens with zero attached hydrogens (tertiary/aromatic N) is 5. The molecule has 1 atom stereocenters. The van der Waals surface area contributed by atoms with Crippen molar-refractivity contribution in [3.8, 4) is 0 Å². The van der Waals surface area contributed by atoms with E-state index >= 15 is 0 Å². The number of rotatable bonds is 4. The summed E-state index contributed by atoms with van der Waals surface area (Å²) in [4.78, 5) is 24.2. The van der Waals surface area contributed by atoms with Crippen LogP contribution in [0.25, 0.3) is 5.65 Å². The molecule has 140 valence electrons. The minimum Gasteiger partial charge on any atom is -0.337 e. The summed E-state index contributed by atoms with van der Waals surface area (Å²) >= 11 is 0. The molecular weight excluding hydrogens is 338 g/mol. The van der Waals surface area contributed by atoms with Crippen LogP contribution in [0.1, 0.15) is 53.5 Å². The van der Waals surface area contributed by atoms with Crippen LogP contribution >= 0.6 is 0 Å². The number of aromatic nitrogens is 4. The summed E-state index contributed by atoms with van der Waals surface area (Å²) in [5.41, 5.74) is 2.50. The minimum absolute atomic E-state index is 0.0290. The Morgan fingerprint density at radius 3 is 2.96 bits per heavy atom. The second kappa shape index (κ2) is 6.51. The number of carbonyl (C=O) groups is 1. The van der Waals surface area contributed by atoms with Gasteiger partial charge in [-0.25, -0.2) is 9.97 Å². The van der Waals surface area contributed by atoms with E-state index in [-0.39, 0.29) is 5.91 Å². The van der Waals surface area contributed by atoms with E-state index in [1.54, 1.807) is 0 Å². The standard InChI is InChI=1S/C21H25N5O/c1-15-4-7-19-23-18(14-26(19)11-15)21(27)25-9-2-3-17(13-25)20-22-8-10-24(20)12-16-5-6-16/h4,7-8,10-11,14,16-17H,2-3,5-6,9,12-13H2,1H3/t17-/m0/s1. The van der Waals surface area contributed by atoms with Crippen LogP contribution in [0.3, 0.4) is 0 Å². The van der Waals surface area contributed by atoms with Gasteiger partial charge in [0.05, 0.1) is 0 Å². The van der Waals surface area contributed by atoms with Gasteiger partial charge in [-0.3, -0.25) is 4.79 Å². The number of imidazole rings is 2. The number of piperidine rings is 1. The summed E-state index contributed by atoms with van der Waals surface area (Å²) in [6.45, 7) is 4.64. The Bertz CT molecular complexity index is 984. The predicted molar refractivity (Wildman–Crippen MR) is 103 cm³/mol. The van der Waals surface area contributed by atoms with Crippen molar-refractivity contribution in [1.29, 1.82) is 0 Å². The molecule has 1 aliphatic carbocycles. The monoisotopic (exact) mass is 363 g/mol. The van der Waals surface area contributed by atoms with Gasteiger partial charge in [-0.15, -0.1) is 0 Å². The molecule has 2 fully saturated rings. The summed E-state index contributed by atoms with van der Waals surface area (Å²) in [7, 11) is 0. The number of hydrogen-bond donors (Lipinski definition) is 0. The third kappa shape index (κ3) is 3.24. The second-order valence-corrected chi connectivity index (χ2v) is 8.07. The molecule has 3 aromatic heterocycles. The van der Waals surface area contributed by atoms with E-state index in [1.165, 1.54) is 12.8 Å². The molecule has 3 aromatic rings. The highest BCUT2D eigenvalue weighted by Gasteiger charge is 2.30. The largest absolute Gasteiger partial charge is 0.337 e. The van der Waals surface area contributed by atoms with E-state index in [9.17, 15) is 4.79 Å². The third-order valence-corrected chi connectivity index (χ3v) is 5.79. The zero-order valence-electron chi connectivity index (χ0n) is 15.7. The molecule has 0 bridgehead atoms. The number of carbonyl (C=O) groups excluding carboxylic acids is 1. The fourth-order valence-corrected chi connectivity index (χ4v) is 4.15. The van der Waals surface area contributed by atoms with E-state index in [2.05, 4.69) is 20.7 Å². The Kier molecular flexibility index (Phi) is 3.99. The number of amides is 1. The van der Waals surface area contributed by atoms with Crippen molar-refractivity contribution >= 4 is 11.6 Å². The molecule has 0 aromatic carbocycles. The van der Waals surface area contributed by atoms with Crippen LogP contribution in [0.5, 0.6) is 0 Å². The number of likely N-dealkylation sites (tertiary alicyclic amines) is 1. The van der Waals surface area contributed by atoms with Gasteiger partial charge in [0.15, 0.2) is 0 Å². The fourth-order valence-electron chi connectivity index (χ4n) is 4.15. The summed E-state index contributed by atoms with van der Waals surface area (Å²) in [6, 6.07) is 3.98. The molecule has 0 spiro atoms. The molecular formula is C21H25N5O. The maximum Gasteiger partial charge on any atom is 0.274 e. The van der Waals surface area contributed by atoms with Gasteiger partial charge in [0.2, 0.25) is 0 Å². The Morgan fingerprint density at radius 2 is 2.11 bits per heavy atom. The summed E-state index contributed by atoms with van der Waals surface area (Å²) in [5.74, 6) is 2.31. The zero-order valence-corrected chi connectivity index (χ0v) is 15.7. The molecule has 6 heteroatoms. The minimum atomic E-state index is 0.0290. The van der Waals surface area contributed by atoms with Gasteiger partial charge >= 0.3 is 0 Å². The number of hydrogen-bond acceptors (Lipinski definition) is 3. The first-order valence-corrected chi connectivity index (χ1v) is 9.93. The van der Waals surface area contributed by atoms with Gasteiger partial charge in [-0.2, -0.15) is 0 Å². The lowest BCUT2D eigenvalue weighted by Crippen LogP contribution is -2.40. The zero-order chi connectivity index (χ0) is 18.4. The number of pyridine rings is 1. The Balaban J connectivity index is 1.35. The van der Waals surface area contributed by atoms with Gasteiger partial charge in [0.1, 0.15) is 17.2 Å². The molecule has 5 rings (SSSR count). The van der Waals surface area contributed by atoms with Crippen molar-refractivity contribution in [3.05, 3.63) is 54.0 Å². The van der Waals surface area contributed by atoms with Gasteiger partial charge in [-0.1, -0.05) is 6.07 Å². The smallest absolute Gasteiger partial charge is 0.274 e. The summed E-state index contributed by atoms with van der Waals surface area (Å²) in [6.07, 6.45) is 12.6. The fraction of sp³-hybridized carbons (Fsp3) is 0.476. The highest BCUT2D eigenvalue weighted by atomic mass is 16.2. The van der Waals surface area contributed by atoms with Crippen molar-refractivity contribution in [2.75, 3.05) is 13.1 Å². The van der Waals surface area contributed by atoms with E-state index < -0.39 is 0 Å². The van der Waals surface area contributed by atoms with Gasteiger partial charge in [0.25, 0.3) is 5.91 Å². The van der Waals surface area contributed by atoms with E-state index in [1.807, 2.05) is 46.9 Å². The normalized spacial score (nSPS) is 20.3. The first kappa shape index (κ1) is 16.5. The molecule has 27 heavy (non-hydrogen) atoms. The van der Waals surface area contributed by atoms with Crippen LogP contribution in [0, 0.1) is 12.8 Å². The lowest BCUT2D eigenvalue weighted by molar-refractivity contribution is 0.0698. The van der Waals surface area contributed by atoms with E-state index in [0.29, 0.717) is 11.6 Å². The Labute approximate surface area is 158 Å². The van der Waals surface area contributed by atoms with Crippen LogP contribution in [0.4, 0.5) is 0 Å². The molecule has 0 unspecified atom stereocenters. The first-order valence-electron chi connectivity index (χ1n) is 9.93. The summed E-state index contributed by atoms with van der Waals surface area (Å²) in [5, 5.41) is 0. The molecule has 1 saturated heterocycles. The highest BCUT2D eigenvalue weighted by molar-refractivity contribution is 5.93. The predicted octanol–water partition coefficient (Wildman–Crippen LogP) is 3.27. The van der Waals surface area contributed by atoms with Crippen molar-refractivity contribution in [3.63, 3.8) is 0 Å². The quantitative estimate of drug-likeness (QED) is 0.715. The maximum atomic E-state index is 13.1. The molecule has 4 heterocycles. The Hall–Kier alpha value is -2.63. The van der Waals surface area contributed by atoms with Gasteiger partial charge in [0, 0.05) is 50.3 Å². The van der Waals surface area contributed by atoms with Crippen molar-refractivity contribution < 1.29 is 4.79 Å². The van der Waals surface area contributed by atoms with E-state index in [0.717, 1.165) is 55.4 Å². The average molecular weight is 363 g/mol. The topological polar surface area (TPSA) is 55.4 Å². The SMILES string of the molecule is Cc1ccc2nc(C(=O)N3CCC[C@H](c4nccn4CC4CC4)C3)cn2c1. The molecule has 6 nitrogen and oxygen atoms in total. The molecule has 0 radical (unpaired) electrons. The highest BCUT2D eigenvalue weighted by Crippen LogP contribution is 2.33. The van der Waals surface area contributed by atoms with Crippen LogP contribution in [0.2, 0.25) is 0 Å². The number of aryl methyl sites for hydroxylation is 1. The molecule has 0 N–H and O–H groups in total. The van der Waals surface area contributed by atoms with Crippen LogP contribution < -0.4 is 0 Å². The average Bonchev–Trinajstić information content (AvgIpc) is 3.20. The van der Waals surface area contributed by atoms with Gasteiger partial charge < -0.3 is 13.9 Å². The maximum absolute atomic E-state index is 13.1. The second-order valence-electron chi connectivity index (χ2n) is 8.07. The lowest BCUT2D eigenvalue weighted by atomic mass is 9.96.